The molecule has 0 saturated heterocycles. The van der Waals surface area contributed by atoms with Gasteiger partial charge in [-0.25, -0.2) is 14.0 Å². The van der Waals surface area contributed by atoms with Crippen molar-refractivity contribution in [1.82, 2.24) is 10.6 Å². The summed E-state index contributed by atoms with van der Waals surface area (Å²) in [6.07, 6.45) is 1.94. The highest BCUT2D eigenvalue weighted by Gasteiger charge is 2.18. The largest absolute Gasteiger partial charge is 0.480 e. The Hall–Kier alpha value is -1.82. The molecule has 2 amide bonds. The monoisotopic (exact) mass is 316 g/mol. The van der Waals surface area contributed by atoms with Gasteiger partial charge in [-0.1, -0.05) is 37.4 Å². The lowest BCUT2D eigenvalue weighted by atomic mass is 10.1. The second kappa shape index (κ2) is 8.46. The topological polar surface area (TPSA) is 78.4 Å². The third-order valence-corrected chi connectivity index (χ3v) is 3.18. The number of rotatable bonds is 7. The number of carbonyl (C=O) groups is 2. The minimum absolute atomic E-state index is 0.0268. The van der Waals surface area contributed by atoms with Gasteiger partial charge in [-0.3, -0.25) is 0 Å². The number of carboxylic acid groups (broad SMARTS) is 1. The summed E-state index contributed by atoms with van der Waals surface area (Å²) in [4.78, 5) is 22.6. The Bertz CT molecular complexity index is 511. The normalized spacial score (nSPS) is 11.8. The molecular formula is C14H18ClFN2O3. The van der Waals surface area contributed by atoms with Gasteiger partial charge >= 0.3 is 12.0 Å². The number of amides is 2. The molecule has 0 fully saturated rings. The number of unbranched alkanes of at least 4 members (excludes halogenated alkanes) is 1. The molecule has 1 rings (SSSR count). The molecule has 0 aliphatic carbocycles. The van der Waals surface area contributed by atoms with E-state index in [4.69, 9.17) is 16.7 Å². The smallest absolute Gasteiger partial charge is 0.326 e. The van der Waals surface area contributed by atoms with Crippen molar-refractivity contribution in [3.8, 4) is 0 Å². The van der Waals surface area contributed by atoms with E-state index in [9.17, 15) is 14.0 Å². The number of carbonyl (C=O) groups excluding carboxylic acids is 1. The van der Waals surface area contributed by atoms with E-state index in [-0.39, 0.29) is 11.6 Å². The Balaban J connectivity index is 2.48. The van der Waals surface area contributed by atoms with E-state index in [1.807, 2.05) is 6.92 Å². The molecule has 0 aliphatic heterocycles. The van der Waals surface area contributed by atoms with Crippen LogP contribution in [-0.2, 0) is 11.3 Å². The molecule has 7 heteroatoms. The number of hydrogen-bond acceptors (Lipinski definition) is 2. The molecular weight excluding hydrogens is 299 g/mol. The average molecular weight is 317 g/mol. The molecule has 1 aromatic carbocycles. The van der Waals surface area contributed by atoms with Crippen molar-refractivity contribution >= 4 is 23.6 Å². The summed E-state index contributed by atoms with van der Waals surface area (Å²) >= 11 is 5.63. The van der Waals surface area contributed by atoms with Crippen molar-refractivity contribution in [1.29, 1.82) is 0 Å². The third kappa shape index (κ3) is 5.99. The first-order valence-electron chi connectivity index (χ1n) is 6.65. The summed E-state index contributed by atoms with van der Waals surface area (Å²) in [5.74, 6) is -1.60. The van der Waals surface area contributed by atoms with Gasteiger partial charge in [0.2, 0.25) is 0 Å². The number of nitrogens with one attached hydrogen (secondary N) is 2. The lowest BCUT2D eigenvalue weighted by Gasteiger charge is -2.14. The summed E-state index contributed by atoms with van der Waals surface area (Å²) in [5.41, 5.74) is 0.622. The van der Waals surface area contributed by atoms with Gasteiger partial charge in [0.1, 0.15) is 11.9 Å². The van der Waals surface area contributed by atoms with E-state index in [0.29, 0.717) is 18.4 Å². The Kier molecular flexibility index (Phi) is 6.94. The highest BCUT2D eigenvalue weighted by Crippen LogP contribution is 2.15. The fourth-order valence-corrected chi connectivity index (χ4v) is 1.91. The summed E-state index contributed by atoms with van der Waals surface area (Å²) in [5, 5.41) is 13.9. The van der Waals surface area contributed by atoms with E-state index in [2.05, 4.69) is 10.6 Å². The molecule has 0 spiro atoms. The van der Waals surface area contributed by atoms with Crippen LogP contribution >= 0.6 is 11.6 Å². The van der Waals surface area contributed by atoms with Gasteiger partial charge in [0, 0.05) is 6.54 Å². The van der Waals surface area contributed by atoms with Crippen LogP contribution in [0.4, 0.5) is 9.18 Å². The molecule has 0 unspecified atom stereocenters. The summed E-state index contributed by atoms with van der Waals surface area (Å²) in [6.45, 7) is 2.07. The minimum Gasteiger partial charge on any atom is -0.480 e. The Morgan fingerprint density at radius 3 is 2.71 bits per heavy atom. The zero-order chi connectivity index (χ0) is 15.8. The van der Waals surface area contributed by atoms with Crippen molar-refractivity contribution in [3.05, 3.63) is 34.6 Å². The molecule has 0 radical (unpaired) electrons. The summed E-state index contributed by atoms with van der Waals surface area (Å²) < 4.78 is 13.0. The van der Waals surface area contributed by atoms with Crippen LogP contribution in [-0.4, -0.2) is 23.1 Å². The SMILES string of the molecule is CCCC[C@H](NC(=O)NCc1ccc(F)c(Cl)c1)C(=O)O. The van der Waals surface area contributed by atoms with Gasteiger partial charge in [-0.15, -0.1) is 0 Å². The molecule has 0 aromatic heterocycles. The summed E-state index contributed by atoms with van der Waals surface area (Å²) in [6, 6.07) is 2.61. The molecule has 116 valence electrons. The summed E-state index contributed by atoms with van der Waals surface area (Å²) in [7, 11) is 0. The zero-order valence-corrected chi connectivity index (χ0v) is 12.4. The number of aliphatic carboxylic acids is 1. The first-order valence-corrected chi connectivity index (χ1v) is 7.03. The molecule has 1 atom stereocenters. The Morgan fingerprint density at radius 1 is 1.43 bits per heavy atom. The van der Waals surface area contributed by atoms with E-state index in [1.54, 1.807) is 0 Å². The lowest BCUT2D eigenvalue weighted by Crippen LogP contribution is -2.45. The molecule has 1 aromatic rings. The predicted molar refractivity (Wildman–Crippen MR) is 77.7 cm³/mol. The van der Waals surface area contributed by atoms with Crippen molar-refractivity contribution in [2.75, 3.05) is 0 Å². The molecule has 0 bridgehead atoms. The molecule has 0 heterocycles. The van der Waals surface area contributed by atoms with Gasteiger partial charge < -0.3 is 15.7 Å². The van der Waals surface area contributed by atoms with Crippen LogP contribution in [0.1, 0.15) is 31.7 Å². The van der Waals surface area contributed by atoms with Crippen molar-refractivity contribution < 1.29 is 19.1 Å². The van der Waals surface area contributed by atoms with Crippen molar-refractivity contribution in [2.45, 2.75) is 38.8 Å². The first kappa shape index (κ1) is 17.2. The highest BCUT2D eigenvalue weighted by atomic mass is 35.5. The highest BCUT2D eigenvalue weighted by molar-refractivity contribution is 6.30. The number of hydrogen-bond donors (Lipinski definition) is 3. The van der Waals surface area contributed by atoms with Crippen LogP contribution in [0.25, 0.3) is 0 Å². The van der Waals surface area contributed by atoms with Crippen molar-refractivity contribution in [2.24, 2.45) is 0 Å². The molecule has 3 N–H and O–H groups in total. The molecule has 0 saturated carbocycles. The number of benzene rings is 1. The second-order valence-corrected chi connectivity index (χ2v) is 5.02. The zero-order valence-electron chi connectivity index (χ0n) is 11.7. The van der Waals surface area contributed by atoms with Crippen LogP contribution in [0, 0.1) is 5.82 Å². The lowest BCUT2D eigenvalue weighted by molar-refractivity contribution is -0.139. The van der Waals surface area contributed by atoms with Crippen LogP contribution < -0.4 is 10.6 Å². The van der Waals surface area contributed by atoms with E-state index in [1.165, 1.54) is 18.2 Å². The van der Waals surface area contributed by atoms with Crippen molar-refractivity contribution in [3.63, 3.8) is 0 Å². The Morgan fingerprint density at radius 2 is 2.14 bits per heavy atom. The second-order valence-electron chi connectivity index (χ2n) is 4.61. The average Bonchev–Trinajstić information content (AvgIpc) is 2.44. The quantitative estimate of drug-likeness (QED) is 0.723. The number of halogens is 2. The predicted octanol–water partition coefficient (Wildman–Crippen LogP) is 2.92. The number of urea groups is 1. The first-order chi connectivity index (χ1) is 9.93. The fraction of sp³-hybridized carbons (Fsp3) is 0.429. The molecule has 5 nitrogen and oxygen atoms in total. The third-order valence-electron chi connectivity index (χ3n) is 2.89. The minimum atomic E-state index is -1.07. The number of carboxylic acids is 1. The Labute approximate surface area is 127 Å². The van der Waals surface area contributed by atoms with Gasteiger partial charge in [0.05, 0.1) is 5.02 Å². The van der Waals surface area contributed by atoms with Gasteiger partial charge in [0.25, 0.3) is 0 Å². The van der Waals surface area contributed by atoms with Crippen LogP contribution in [0.2, 0.25) is 5.02 Å². The van der Waals surface area contributed by atoms with E-state index < -0.39 is 23.9 Å². The van der Waals surface area contributed by atoms with Gasteiger partial charge in [-0.2, -0.15) is 0 Å². The van der Waals surface area contributed by atoms with Crippen LogP contribution in [0.3, 0.4) is 0 Å². The van der Waals surface area contributed by atoms with Gasteiger partial charge in [0.15, 0.2) is 0 Å². The van der Waals surface area contributed by atoms with Crippen LogP contribution in [0.15, 0.2) is 18.2 Å². The maximum atomic E-state index is 13.0. The van der Waals surface area contributed by atoms with E-state index >= 15 is 0 Å². The fourth-order valence-electron chi connectivity index (χ4n) is 1.71. The molecule has 0 aliphatic rings. The molecule has 21 heavy (non-hydrogen) atoms. The standard InChI is InChI=1S/C14H18ClFN2O3/c1-2-3-4-12(13(19)20)18-14(21)17-8-9-5-6-11(16)10(15)7-9/h5-7,12H,2-4,8H2,1H3,(H,19,20)(H2,17,18,21)/t12-/m0/s1. The van der Waals surface area contributed by atoms with Crippen LogP contribution in [0.5, 0.6) is 0 Å². The van der Waals surface area contributed by atoms with Gasteiger partial charge in [-0.05, 0) is 24.1 Å². The maximum absolute atomic E-state index is 13.0. The maximum Gasteiger partial charge on any atom is 0.326 e. The van der Waals surface area contributed by atoms with E-state index in [0.717, 1.165) is 6.42 Å².